The maximum absolute atomic E-state index is 6.37. The first kappa shape index (κ1) is 17.5. The number of aliphatic imine (C=N–C) groups is 1. The normalized spacial score (nSPS) is 11.2. The molecule has 0 radical (unpaired) electrons. The predicted molar refractivity (Wildman–Crippen MR) is 104 cm³/mol. The molecule has 0 aliphatic rings. The lowest BCUT2D eigenvalue weighted by atomic mass is 10.0. The van der Waals surface area contributed by atoms with Crippen LogP contribution in [-0.2, 0) is 0 Å². The maximum Gasteiger partial charge on any atom is 0.167 e. The van der Waals surface area contributed by atoms with Gasteiger partial charge in [0.1, 0.15) is 5.69 Å². The zero-order valence-electron chi connectivity index (χ0n) is 14.1. The van der Waals surface area contributed by atoms with Gasteiger partial charge in [-0.05, 0) is 30.7 Å². The van der Waals surface area contributed by atoms with E-state index in [4.69, 9.17) is 27.7 Å². The molecule has 0 saturated carbocycles. The van der Waals surface area contributed by atoms with Crippen molar-refractivity contribution in [3.63, 3.8) is 0 Å². The number of hydrogen-bond acceptors (Lipinski definition) is 3. The third-order valence-corrected chi connectivity index (χ3v) is 4.28. The molecule has 2 aromatic carbocycles. The molecule has 25 heavy (non-hydrogen) atoms. The lowest BCUT2D eigenvalue weighted by Crippen LogP contribution is -2.07. The second-order valence-electron chi connectivity index (χ2n) is 5.88. The zero-order valence-corrected chi connectivity index (χ0v) is 15.6. The van der Waals surface area contributed by atoms with Crippen LogP contribution in [0.2, 0.25) is 10.0 Å². The summed E-state index contributed by atoms with van der Waals surface area (Å²) in [5, 5.41) is 5.32. The summed E-state index contributed by atoms with van der Waals surface area (Å²) in [6.45, 7) is 1.98. The summed E-state index contributed by atoms with van der Waals surface area (Å²) >= 11 is 12.6. The van der Waals surface area contributed by atoms with Gasteiger partial charge in [-0.1, -0.05) is 46.6 Å². The third kappa shape index (κ3) is 3.86. The van der Waals surface area contributed by atoms with Gasteiger partial charge in [-0.15, -0.1) is 0 Å². The molecule has 3 rings (SSSR count). The van der Waals surface area contributed by atoms with Crippen molar-refractivity contribution >= 4 is 35.2 Å². The van der Waals surface area contributed by atoms with Gasteiger partial charge in [-0.3, -0.25) is 0 Å². The van der Waals surface area contributed by atoms with Crippen LogP contribution in [0.1, 0.15) is 5.56 Å². The van der Waals surface area contributed by atoms with Gasteiger partial charge >= 0.3 is 0 Å². The number of nitrogens with zero attached hydrogens (tertiary/aromatic N) is 3. The van der Waals surface area contributed by atoms with E-state index < -0.39 is 0 Å². The Morgan fingerprint density at radius 2 is 1.80 bits per heavy atom. The van der Waals surface area contributed by atoms with Crippen molar-refractivity contribution in [2.75, 3.05) is 14.1 Å². The lowest BCUT2D eigenvalue weighted by molar-refractivity contribution is 0.434. The Balaban J connectivity index is 1.98. The highest BCUT2D eigenvalue weighted by Gasteiger charge is 2.14. The van der Waals surface area contributed by atoms with E-state index in [1.165, 1.54) is 0 Å². The highest BCUT2D eigenvalue weighted by molar-refractivity contribution is 6.33. The Morgan fingerprint density at radius 3 is 2.52 bits per heavy atom. The summed E-state index contributed by atoms with van der Waals surface area (Å²) in [6, 6.07) is 13.2. The highest BCUT2D eigenvalue weighted by Crippen LogP contribution is 2.36. The van der Waals surface area contributed by atoms with E-state index in [1.54, 1.807) is 6.34 Å². The molecule has 0 aliphatic heterocycles. The zero-order chi connectivity index (χ0) is 18.0. The van der Waals surface area contributed by atoms with E-state index in [-0.39, 0.29) is 0 Å². The Labute approximate surface area is 156 Å². The van der Waals surface area contributed by atoms with Crippen molar-refractivity contribution in [2.45, 2.75) is 6.92 Å². The van der Waals surface area contributed by atoms with E-state index in [2.05, 4.69) is 10.1 Å². The molecule has 0 atom stereocenters. The minimum Gasteiger partial charge on any atom is -0.369 e. The standard InChI is InChI=1S/C19H17Cl2N3O/c1-12-8-18(22-11-24(2)3)16(21)9-14(12)19-10-17(23-25-19)13-6-4-5-7-15(13)20/h4-11H,1-3H3. The van der Waals surface area contributed by atoms with Crippen LogP contribution in [0.5, 0.6) is 0 Å². The molecule has 3 aromatic rings. The van der Waals surface area contributed by atoms with Crippen LogP contribution >= 0.6 is 23.2 Å². The summed E-state index contributed by atoms with van der Waals surface area (Å²) in [7, 11) is 3.81. The second kappa shape index (κ2) is 7.30. The number of aromatic nitrogens is 1. The van der Waals surface area contributed by atoms with Crippen LogP contribution in [0.4, 0.5) is 5.69 Å². The molecular formula is C19H17Cl2N3O. The monoisotopic (exact) mass is 373 g/mol. The van der Waals surface area contributed by atoms with Crippen molar-refractivity contribution in [1.82, 2.24) is 10.1 Å². The van der Waals surface area contributed by atoms with Gasteiger partial charge in [0.15, 0.2) is 5.76 Å². The predicted octanol–water partition coefficient (Wildman–Crippen LogP) is 5.85. The molecule has 0 fully saturated rings. The molecule has 6 heteroatoms. The molecule has 0 spiro atoms. The molecule has 0 saturated heterocycles. The third-order valence-electron chi connectivity index (χ3n) is 3.65. The van der Waals surface area contributed by atoms with Crippen molar-refractivity contribution < 1.29 is 4.52 Å². The van der Waals surface area contributed by atoms with Gasteiger partial charge in [0.2, 0.25) is 0 Å². The summed E-state index contributed by atoms with van der Waals surface area (Å²) in [6.07, 6.45) is 1.71. The number of rotatable bonds is 4. The molecule has 4 nitrogen and oxygen atoms in total. The molecule has 1 aromatic heterocycles. The quantitative estimate of drug-likeness (QED) is 0.425. The Hall–Kier alpha value is -2.30. The first-order valence-electron chi connectivity index (χ1n) is 7.68. The average Bonchev–Trinajstić information content (AvgIpc) is 3.05. The first-order chi connectivity index (χ1) is 12.0. The van der Waals surface area contributed by atoms with E-state index in [1.807, 2.05) is 68.4 Å². The minimum atomic E-state index is 0.550. The van der Waals surface area contributed by atoms with Gasteiger partial charge in [0.05, 0.1) is 22.1 Å². The molecule has 0 amide bonds. The van der Waals surface area contributed by atoms with E-state index in [9.17, 15) is 0 Å². The first-order valence-corrected chi connectivity index (χ1v) is 8.44. The number of hydrogen-bond donors (Lipinski definition) is 0. The van der Waals surface area contributed by atoms with Crippen molar-refractivity contribution in [3.8, 4) is 22.6 Å². The second-order valence-corrected chi connectivity index (χ2v) is 6.70. The summed E-state index contributed by atoms with van der Waals surface area (Å²) in [5.41, 5.74) is 4.10. The molecule has 0 aliphatic carbocycles. The summed E-state index contributed by atoms with van der Waals surface area (Å²) in [4.78, 5) is 6.22. The molecule has 1 heterocycles. The van der Waals surface area contributed by atoms with Crippen LogP contribution in [0.15, 0.2) is 52.0 Å². The average molecular weight is 374 g/mol. The van der Waals surface area contributed by atoms with Gasteiger partial charge < -0.3 is 9.42 Å². The SMILES string of the molecule is Cc1cc(N=CN(C)C)c(Cl)cc1-c1cc(-c2ccccc2Cl)no1. The van der Waals surface area contributed by atoms with Gasteiger partial charge in [0.25, 0.3) is 0 Å². The minimum absolute atomic E-state index is 0.550. The fourth-order valence-electron chi connectivity index (χ4n) is 2.41. The lowest BCUT2D eigenvalue weighted by Gasteiger charge is -2.07. The number of halogens is 2. The van der Waals surface area contributed by atoms with Crippen LogP contribution in [-0.4, -0.2) is 30.5 Å². The van der Waals surface area contributed by atoms with Crippen LogP contribution < -0.4 is 0 Å². The fourth-order valence-corrected chi connectivity index (χ4v) is 2.85. The topological polar surface area (TPSA) is 41.6 Å². The number of benzene rings is 2. The van der Waals surface area contributed by atoms with Gasteiger partial charge in [-0.2, -0.15) is 0 Å². The van der Waals surface area contributed by atoms with Crippen LogP contribution in [0.25, 0.3) is 22.6 Å². The molecule has 0 bridgehead atoms. The van der Waals surface area contributed by atoms with E-state index in [0.717, 1.165) is 16.7 Å². The van der Waals surface area contributed by atoms with Crippen molar-refractivity contribution in [3.05, 3.63) is 58.1 Å². The van der Waals surface area contributed by atoms with E-state index >= 15 is 0 Å². The van der Waals surface area contributed by atoms with Crippen LogP contribution in [0.3, 0.4) is 0 Å². The van der Waals surface area contributed by atoms with E-state index in [0.29, 0.717) is 27.2 Å². The fraction of sp³-hybridized carbons (Fsp3) is 0.158. The molecule has 128 valence electrons. The largest absolute Gasteiger partial charge is 0.369 e. The molecular weight excluding hydrogens is 357 g/mol. The van der Waals surface area contributed by atoms with Gasteiger partial charge in [0, 0.05) is 31.3 Å². The van der Waals surface area contributed by atoms with Crippen molar-refractivity contribution in [2.24, 2.45) is 4.99 Å². The molecule has 0 N–H and O–H groups in total. The maximum atomic E-state index is 6.37. The smallest absolute Gasteiger partial charge is 0.167 e. The Kier molecular flexibility index (Phi) is 5.11. The summed E-state index contributed by atoms with van der Waals surface area (Å²) < 4.78 is 5.52. The van der Waals surface area contributed by atoms with Gasteiger partial charge in [-0.25, -0.2) is 4.99 Å². The molecule has 0 unspecified atom stereocenters. The summed E-state index contributed by atoms with van der Waals surface area (Å²) in [5.74, 6) is 0.637. The number of aryl methyl sites for hydroxylation is 1. The Morgan fingerprint density at radius 1 is 1.04 bits per heavy atom. The highest BCUT2D eigenvalue weighted by atomic mass is 35.5. The Bertz CT molecular complexity index is 932. The van der Waals surface area contributed by atoms with Crippen molar-refractivity contribution in [1.29, 1.82) is 0 Å². The van der Waals surface area contributed by atoms with Crippen LogP contribution in [0, 0.1) is 6.92 Å².